The highest BCUT2D eigenvalue weighted by Crippen LogP contribution is 2.32. The smallest absolute Gasteiger partial charge is 0.341 e. The average molecular weight is 487 g/mol. The molecule has 0 amide bonds. The van der Waals surface area contributed by atoms with E-state index in [9.17, 15) is 9.90 Å². The number of aryl methyl sites for hydroxylation is 2. The number of benzene rings is 3. The summed E-state index contributed by atoms with van der Waals surface area (Å²) in [4.78, 5) is 10.8. The summed E-state index contributed by atoms with van der Waals surface area (Å²) in [6.45, 7) is 7.75. The van der Waals surface area contributed by atoms with Gasteiger partial charge in [-0.2, -0.15) is 0 Å². The first-order valence-corrected chi connectivity index (χ1v) is 12.1. The number of nitrogens with zero attached hydrogens (tertiary/aromatic N) is 1. The fourth-order valence-electron chi connectivity index (χ4n) is 4.15. The van der Waals surface area contributed by atoms with E-state index in [0.29, 0.717) is 17.7 Å². The van der Waals surface area contributed by atoms with Crippen LogP contribution in [-0.4, -0.2) is 43.9 Å². The van der Waals surface area contributed by atoms with Crippen LogP contribution in [0.1, 0.15) is 58.7 Å². The zero-order chi connectivity index (χ0) is 26.6. The minimum absolute atomic E-state index is 0.142. The molecule has 5 nitrogen and oxygen atoms in total. The molecule has 0 aliphatic rings. The topological polar surface area (TPSA) is 66.8 Å². The number of ether oxygens (including phenoxy) is 1. The standard InChI is InChI=1S/C31H35NO4/c1-20(2)28-17-24(18-29-21(3)14-27(15-22(29)4)36-19-30(33)34)16-25(31(28)35)11-8-23-9-12-26(13-10-23)32(5,6)7/h9-10,12-17,20H,18-19H2,1-7H3,(H-,33,34,35)/p+1. The molecule has 0 aromatic heterocycles. The Balaban J connectivity index is 1.95. The van der Waals surface area contributed by atoms with E-state index in [-0.39, 0.29) is 18.3 Å². The van der Waals surface area contributed by atoms with Crippen LogP contribution in [0.15, 0.2) is 48.5 Å². The number of hydrogen-bond donors (Lipinski definition) is 2. The summed E-state index contributed by atoms with van der Waals surface area (Å²) in [5, 5.41) is 19.8. The van der Waals surface area contributed by atoms with Gasteiger partial charge in [0.15, 0.2) is 6.61 Å². The number of quaternary nitrogens is 1. The van der Waals surface area contributed by atoms with Crippen molar-refractivity contribution in [2.45, 2.75) is 40.0 Å². The zero-order valence-electron chi connectivity index (χ0n) is 22.3. The Morgan fingerprint density at radius 1 is 0.972 bits per heavy atom. The normalized spacial score (nSPS) is 11.2. The highest BCUT2D eigenvalue weighted by atomic mass is 16.5. The molecule has 188 valence electrons. The number of rotatable bonds is 7. The molecule has 0 spiro atoms. The van der Waals surface area contributed by atoms with Crippen LogP contribution >= 0.6 is 0 Å². The molecule has 0 radical (unpaired) electrons. The van der Waals surface area contributed by atoms with Crippen LogP contribution in [0.2, 0.25) is 0 Å². The van der Waals surface area contributed by atoms with Gasteiger partial charge in [0.1, 0.15) is 17.2 Å². The molecule has 0 bridgehead atoms. The summed E-state index contributed by atoms with van der Waals surface area (Å²) < 4.78 is 6.10. The highest BCUT2D eigenvalue weighted by Gasteiger charge is 2.15. The molecule has 3 aromatic rings. The van der Waals surface area contributed by atoms with Crippen molar-refractivity contribution in [3.05, 3.63) is 87.5 Å². The van der Waals surface area contributed by atoms with Gasteiger partial charge in [0.05, 0.1) is 26.7 Å². The predicted octanol–water partition coefficient (Wildman–Crippen LogP) is 5.78. The van der Waals surface area contributed by atoms with E-state index < -0.39 is 5.97 Å². The Hall–Kier alpha value is -3.75. The van der Waals surface area contributed by atoms with Crippen LogP contribution < -0.4 is 9.22 Å². The second kappa shape index (κ2) is 10.9. The molecule has 0 aliphatic carbocycles. The van der Waals surface area contributed by atoms with E-state index >= 15 is 0 Å². The SMILES string of the molecule is Cc1cc(OCC(=O)O)cc(C)c1Cc1cc(C#Cc2ccc([N+](C)(C)C)cc2)c(O)c(C(C)C)c1. The molecule has 0 fully saturated rings. The number of carbonyl (C=O) groups is 1. The van der Waals surface area contributed by atoms with Crippen LogP contribution in [0, 0.1) is 25.7 Å². The fourth-order valence-corrected chi connectivity index (χ4v) is 4.15. The maximum atomic E-state index is 11.0. The van der Waals surface area contributed by atoms with Crippen LogP contribution in [0.5, 0.6) is 11.5 Å². The molecule has 2 N–H and O–H groups in total. The van der Waals surface area contributed by atoms with Gasteiger partial charge in [-0.25, -0.2) is 4.79 Å². The molecule has 0 saturated carbocycles. The summed E-state index contributed by atoms with van der Waals surface area (Å²) in [5.41, 5.74) is 7.83. The summed E-state index contributed by atoms with van der Waals surface area (Å²) in [6, 6.07) is 15.9. The monoisotopic (exact) mass is 486 g/mol. The first-order chi connectivity index (χ1) is 16.8. The first kappa shape index (κ1) is 26.8. The van der Waals surface area contributed by atoms with Gasteiger partial charge in [-0.05, 0) is 84.3 Å². The number of aliphatic carboxylic acids is 1. The molecule has 0 heterocycles. The Kier molecular flexibility index (Phi) is 8.12. The molecule has 3 aromatic carbocycles. The third-order valence-corrected chi connectivity index (χ3v) is 6.22. The van der Waals surface area contributed by atoms with E-state index in [1.165, 1.54) is 5.69 Å². The quantitative estimate of drug-likeness (QED) is 0.328. The lowest BCUT2D eigenvalue weighted by Crippen LogP contribution is -2.34. The van der Waals surface area contributed by atoms with Crippen LogP contribution in [0.25, 0.3) is 0 Å². The number of carboxylic acids is 1. The predicted molar refractivity (Wildman–Crippen MR) is 146 cm³/mol. The van der Waals surface area contributed by atoms with E-state index in [1.807, 2.05) is 44.2 Å². The summed E-state index contributed by atoms with van der Waals surface area (Å²) in [6.07, 6.45) is 0.670. The van der Waals surface area contributed by atoms with Crippen molar-refractivity contribution < 1.29 is 19.7 Å². The highest BCUT2D eigenvalue weighted by molar-refractivity contribution is 5.68. The van der Waals surface area contributed by atoms with Crippen molar-refractivity contribution in [2.75, 3.05) is 27.7 Å². The Morgan fingerprint density at radius 2 is 1.58 bits per heavy atom. The average Bonchev–Trinajstić information content (AvgIpc) is 2.79. The molecule has 0 aliphatic heterocycles. The molecule has 5 heteroatoms. The Morgan fingerprint density at radius 3 is 2.11 bits per heavy atom. The van der Waals surface area contributed by atoms with Crippen molar-refractivity contribution in [3.63, 3.8) is 0 Å². The summed E-state index contributed by atoms with van der Waals surface area (Å²) >= 11 is 0. The summed E-state index contributed by atoms with van der Waals surface area (Å²) in [5.74, 6) is 6.32. The van der Waals surface area contributed by atoms with Gasteiger partial charge in [0.25, 0.3) is 0 Å². The van der Waals surface area contributed by atoms with Gasteiger partial charge in [0.2, 0.25) is 0 Å². The van der Waals surface area contributed by atoms with Gasteiger partial charge < -0.3 is 14.9 Å². The number of phenolic OH excluding ortho intramolecular Hbond substituents is 1. The van der Waals surface area contributed by atoms with Gasteiger partial charge in [-0.1, -0.05) is 31.8 Å². The van der Waals surface area contributed by atoms with E-state index in [4.69, 9.17) is 9.84 Å². The third-order valence-electron chi connectivity index (χ3n) is 6.22. The molecule has 0 unspecified atom stereocenters. The van der Waals surface area contributed by atoms with E-state index in [2.05, 4.69) is 65.0 Å². The van der Waals surface area contributed by atoms with Crippen LogP contribution in [0.4, 0.5) is 5.69 Å². The maximum absolute atomic E-state index is 11.0. The minimum atomic E-state index is -1.00. The van der Waals surface area contributed by atoms with Gasteiger partial charge in [-0.15, -0.1) is 0 Å². The molecular formula is C31H36NO4+. The number of phenols is 1. The van der Waals surface area contributed by atoms with Crippen LogP contribution in [-0.2, 0) is 11.2 Å². The second-order valence-electron chi connectivity index (χ2n) is 10.4. The lowest BCUT2D eigenvalue weighted by Gasteiger charge is -2.23. The van der Waals surface area contributed by atoms with E-state index in [0.717, 1.165) is 37.9 Å². The maximum Gasteiger partial charge on any atom is 0.341 e. The molecule has 36 heavy (non-hydrogen) atoms. The van der Waals surface area contributed by atoms with Crippen molar-refractivity contribution >= 4 is 11.7 Å². The largest absolute Gasteiger partial charge is 0.506 e. The van der Waals surface area contributed by atoms with Crippen molar-refractivity contribution in [1.29, 1.82) is 0 Å². The summed E-state index contributed by atoms with van der Waals surface area (Å²) in [7, 11) is 6.37. The second-order valence-corrected chi connectivity index (χ2v) is 10.4. The lowest BCUT2D eigenvalue weighted by molar-refractivity contribution is -0.139. The minimum Gasteiger partial charge on any atom is -0.506 e. The van der Waals surface area contributed by atoms with Crippen LogP contribution in [0.3, 0.4) is 0 Å². The first-order valence-electron chi connectivity index (χ1n) is 12.1. The number of aromatic hydroxyl groups is 1. The Bertz CT molecular complexity index is 1300. The van der Waals surface area contributed by atoms with Gasteiger partial charge >= 0.3 is 5.97 Å². The van der Waals surface area contributed by atoms with Crippen molar-refractivity contribution in [3.8, 4) is 23.3 Å². The molecule has 0 atom stereocenters. The van der Waals surface area contributed by atoms with Crippen molar-refractivity contribution in [2.24, 2.45) is 0 Å². The van der Waals surface area contributed by atoms with Gasteiger partial charge in [0, 0.05) is 17.7 Å². The van der Waals surface area contributed by atoms with Crippen molar-refractivity contribution in [1.82, 2.24) is 4.48 Å². The van der Waals surface area contributed by atoms with E-state index in [1.54, 1.807) is 0 Å². The zero-order valence-corrected chi connectivity index (χ0v) is 22.3. The third kappa shape index (κ3) is 6.68. The molecule has 0 saturated heterocycles. The molecule has 3 rings (SSSR count). The number of hydrogen-bond acceptors (Lipinski definition) is 3. The van der Waals surface area contributed by atoms with Gasteiger partial charge in [-0.3, -0.25) is 4.48 Å². The lowest BCUT2D eigenvalue weighted by atomic mass is 9.91. The molecular weight excluding hydrogens is 450 g/mol. The number of carboxylic acid groups (broad SMARTS) is 1. The Labute approximate surface area is 214 Å². The fraction of sp³-hybridized carbons (Fsp3) is 0.323.